The van der Waals surface area contributed by atoms with E-state index in [9.17, 15) is 0 Å². The molecule has 14 heavy (non-hydrogen) atoms. The summed E-state index contributed by atoms with van der Waals surface area (Å²) in [7, 11) is 0. The van der Waals surface area contributed by atoms with Gasteiger partial charge in [0.25, 0.3) is 0 Å². The first-order chi connectivity index (χ1) is 6.38. The molecule has 2 unspecified atom stereocenters. The Kier molecular flexibility index (Phi) is 3.93. The Morgan fingerprint density at radius 3 is 2.50 bits per heavy atom. The van der Waals surface area contributed by atoms with Crippen molar-refractivity contribution >= 4 is 0 Å². The minimum Gasteiger partial charge on any atom is -0.343 e. The molecule has 1 aliphatic rings. The van der Waals surface area contributed by atoms with Crippen molar-refractivity contribution in [3.63, 3.8) is 0 Å². The standard InChI is InChI=1S/C11H23NO2/c1-8(2)6-7-12-9-10(13-9)14-11(3,4)5/h8-10,12H,6-7H2,1-5H3. The fourth-order valence-corrected chi connectivity index (χ4v) is 1.20. The average Bonchev–Trinajstić information content (AvgIpc) is 2.63. The predicted octanol–water partition coefficient (Wildman–Crippen LogP) is 2.12. The SMILES string of the molecule is CC(C)CCNC1OC1OC(C)(C)C. The lowest BCUT2D eigenvalue weighted by Gasteiger charge is -2.17. The first kappa shape index (κ1) is 12.0. The fraction of sp³-hybridized carbons (Fsp3) is 1.00. The van der Waals surface area contributed by atoms with E-state index < -0.39 is 0 Å². The van der Waals surface area contributed by atoms with Crippen molar-refractivity contribution in [2.24, 2.45) is 5.92 Å². The van der Waals surface area contributed by atoms with Crippen LogP contribution in [0.15, 0.2) is 0 Å². The van der Waals surface area contributed by atoms with Gasteiger partial charge in [-0.15, -0.1) is 0 Å². The molecule has 0 radical (unpaired) electrons. The number of nitrogens with one attached hydrogen (secondary N) is 1. The smallest absolute Gasteiger partial charge is 0.200 e. The van der Waals surface area contributed by atoms with Gasteiger partial charge >= 0.3 is 0 Å². The van der Waals surface area contributed by atoms with Crippen LogP contribution in [-0.2, 0) is 9.47 Å². The summed E-state index contributed by atoms with van der Waals surface area (Å²) in [6, 6.07) is 0. The van der Waals surface area contributed by atoms with Crippen LogP contribution in [0.1, 0.15) is 41.0 Å². The fourth-order valence-electron chi connectivity index (χ4n) is 1.20. The Hall–Kier alpha value is -0.120. The molecule has 1 saturated heterocycles. The number of hydrogen-bond acceptors (Lipinski definition) is 3. The molecular weight excluding hydrogens is 178 g/mol. The molecule has 0 aromatic carbocycles. The maximum absolute atomic E-state index is 5.63. The van der Waals surface area contributed by atoms with Crippen molar-refractivity contribution in [3.8, 4) is 0 Å². The Bertz CT molecular complexity index is 175. The lowest BCUT2D eigenvalue weighted by Crippen LogP contribution is -2.27. The zero-order valence-electron chi connectivity index (χ0n) is 9.96. The van der Waals surface area contributed by atoms with E-state index in [1.165, 1.54) is 6.42 Å². The van der Waals surface area contributed by atoms with Crippen LogP contribution in [0.4, 0.5) is 0 Å². The van der Waals surface area contributed by atoms with Gasteiger partial charge in [0.1, 0.15) is 0 Å². The summed E-state index contributed by atoms with van der Waals surface area (Å²) in [5, 5.41) is 3.31. The molecule has 0 amide bonds. The van der Waals surface area contributed by atoms with Gasteiger partial charge in [0, 0.05) is 0 Å². The molecule has 1 fully saturated rings. The molecular formula is C11H23NO2. The number of hydrogen-bond donors (Lipinski definition) is 1. The van der Waals surface area contributed by atoms with Gasteiger partial charge in [0.15, 0.2) is 12.5 Å². The molecule has 0 aromatic rings. The highest BCUT2D eigenvalue weighted by Gasteiger charge is 2.42. The highest BCUT2D eigenvalue weighted by molar-refractivity contribution is 4.77. The van der Waals surface area contributed by atoms with Gasteiger partial charge in [-0.3, -0.25) is 5.32 Å². The van der Waals surface area contributed by atoms with E-state index in [0.29, 0.717) is 0 Å². The van der Waals surface area contributed by atoms with Crippen molar-refractivity contribution < 1.29 is 9.47 Å². The number of epoxide rings is 1. The Balaban J connectivity index is 2.03. The third kappa shape index (κ3) is 4.94. The Morgan fingerprint density at radius 1 is 1.36 bits per heavy atom. The summed E-state index contributed by atoms with van der Waals surface area (Å²) in [6.45, 7) is 11.6. The Labute approximate surface area is 87.2 Å². The molecule has 3 nitrogen and oxygen atoms in total. The summed E-state index contributed by atoms with van der Waals surface area (Å²) in [5.74, 6) is 0.739. The minimum absolute atomic E-state index is 0.0397. The lowest BCUT2D eigenvalue weighted by atomic mass is 10.1. The van der Waals surface area contributed by atoms with Crippen molar-refractivity contribution in [2.45, 2.75) is 59.2 Å². The maximum atomic E-state index is 5.63. The van der Waals surface area contributed by atoms with Crippen molar-refractivity contribution in [1.29, 1.82) is 0 Å². The lowest BCUT2D eigenvalue weighted by molar-refractivity contribution is -0.0571. The van der Waals surface area contributed by atoms with Crippen LogP contribution in [0.5, 0.6) is 0 Å². The van der Waals surface area contributed by atoms with E-state index in [4.69, 9.17) is 9.47 Å². The van der Waals surface area contributed by atoms with Crippen LogP contribution in [-0.4, -0.2) is 24.7 Å². The van der Waals surface area contributed by atoms with Gasteiger partial charge in [-0.25, -0.2) is 0 Å². The van der Waals surface area contributed by atoms with Gasteiger partial charge in [-0.1, -0.05) is 13.8 Å². The highest BCUT2D eigenvalue weighted by atomic mass is 16.8. The van der Waals surface area contributed by atoms with Crippen molar-refractivity contribution in [2.75, 3.05) is 6.54 Å². The van der Waals surface area contributed by atoms with Crippen LogP contribution >= 0.6 is 0 Å². The summed E-state index contributed by atoms with van der Waals surface area (Å²) >= 11 is 0. The van der Waals surface area contributed by atoms with E-state index in [0.717, 1.165) is 12.5 Å². The summed E-state index contributed by atoms with van der Waals surface area (Å²) in [5.41, 5.74) is -0.112. The van der Waals surface area contributed by atoms with E-state index in [2.05, 4.69) is 19.2 Å². The largest absolute Gasteiger partial charge is 0.343 e. The monoisotopic (exact) mass is 201 g/mol. The highest BCUT2D eigenvalue weighted by Crippen LogP contribution is 2.26. The molecule has 1 heterocycles. The summed E-state index contributed by atoms with van der Waals surface area (Å²) in [6.07, 6.45) is 1.26. The molecule has 1 aliphatic heterocycles. The second kappa shape index (κ2) is 4.60. The molecule has 1 N–H and O–H groups in total. The van der Waals surface area contributed by atoms with Gasteiger partial charge < -0.3 is 9.47 Å². The van der Waals surface area contributed by atoms with E-state index in [1.54, 1.807) is 0 Å². The van der Waals surface area contributed by atoms with Crippen LogP contribution in [0, 0.1) is 5.92 Å². The van der Waals surface area contributed by atoms with Crippen molar-refractivity contribution in [1.82, 2.24) is 5.32 Å². The van der Waals surface area contributed by atoms with Gasteiger partial charge in [-0.2, -0.15) is 0 Å². The maximum Gasteiger partial charge on any atom is 0.200 e. The van der Waals surface area contributed by atoms with Gasteiger partial charge in [-0.05, 0) is 39.7 Å². The first-order valence-corrected chi connectivity index (χ1v) is 5.45. The van der Waals surface area contributed by atoms with E-state index >= 15 is 0 Å². The van der Waals surface area contributed by atoms with Crippen LogP contribution < -0.4 is 5.32 Å². The third-order valence-electron chi connectivity index (χ3n) is 1.99. The van der Waals surface area contributed by atoms with E-state index in [1.807, 2.05) is 20.8 Å². The van der Waals surface area contributed by atoms with Crippen LogP contribution in [0.2, 0.25) is 0 Å². The van der Waals surface area contributed by atoms with Crippen LogP contribution in [0.3, 0.4) is 0 Å². The van der Waals surface area contributed by atoms with E-state index in [-0.39, 0.29) is 18.1 Å². The predicted molar refractivity (Wildman–Crippen MR) is 57.0 cm³/mol. The zero-order chi connectivity index (χ0) is 10.8. The molecule has 0 bridgehead atoms. The van der Waals surface area contributed by atoms with Gasteiger partial charge in [0.05, 0.1) is 5.60 Å². The molecule has 84 valence electrons. The molecule has 0 aromatic heterocycles. The summed E-state index contributed by atoms with van der Waals surface area (Å²) in [4.78, 5) is 0. The summed E-state index contributed by atoms with van der Waals surface area (Å²) < 4.78 is 11.0. The number of ether oxygens (including phenoxy) is 2. The molecule has 1 rings (SSSR count). The Morgan fingerprint density at radius 2 is 2.00 bits per heavy atom. The minimum atomic E-state index is -0.112. The van der Waals surface area contributed by atoms with Crippen LogP contribution in [0.25, 0.3) is 0 Å². The second-order valence-corrected chi connectivity index (χ2v) is 5.29. The molecule has 0 aliphatic carbocycles. The normalized spacial score (nSPS) is 27.0. The van der Waals surface area contributed by atoms with Crippen molar-refractivity contribution in [3.05, 3.63) is 0 Å². The zero-order valence-corrected chi connectivity index (χ0v) is 9.96. The second-order valence-electron chi connectivity index (χ2n) is 5.29. The topological polar surface area (TPSA) is 33.8 Å². The average molecular weight is 201 g/mol. The molecule has 0 spiro atoms. The first-order valence-electron chi connectivity index (χ1n) is 5.45. The molecule has 3 heteroatoms. The number of rotatable bonds is 5. The quantitative estimate of drug-likeness (QED) is 0.692. The molecule has 0 saturated carbocycles. The third-order valence-corrected chi connectivity index (χ3v) is 1.99. The van der Waals surface area contributed by atoms with Gasteiger partial charge in [0.2, 0.25) is 0 Å². The molecule has 2 atom stereocenters.